The molecule has 3 heteroatoms. The zero-order valence-electron chi connectivity index (χ0n) is 12.8. The maximum absolute atomic E-state index is 3.61. The van der Waals surface area contributed by atoms with Gasteiger partial charge in [0.15, 0.2) is 0 Å². The molecular weight excluding hydrogens is 252 g/mol. The minimum atomic E-state index is 0.323. The van der Waals surface area contributed by atoms with Gasteiger partial charge in [-0.2, -0.15) is 11.3 Å². The van der Waals surface area contributed by atoms with Crippen LogP contribution in [0.25, 0.3) is 0 Å². The molecule has 19 heavy (non-hydrogen) atoms. The van der Waals surface area contributed by atoms with E-state index in [-0.39, 0.29) is 0 Å². The van der Waals surface area contributed by atoms with Crippen LogP contribution in [0.15, 0.2) is 16.8 Å². The molecule has 0 saturated heterocycles. The van der Waals surface area contributed by atoms with Crippen molar-refractivity contribution in [3.63, 3.8) is 0 Å². The molecule has 0 amide bonds. The Labute approximate surface area is 122 Å². The van der Waals surface area contributed by atoms with Crippen molar-refractivity contribution in [3.8, 4) is 0 Å². The van der Waals surface area contributed by atoms with Gasteiger partial charge in [-0.05, 0) is 81.6 Å². The Morgan fingerprint density at radius 3 is 2.58 bits per heavy atom. The summed E-state index contributed by atoms with van der Waals surface area (Å²) in [5.41, 5.74) is 1.80. The molecule has 0 aliphatic heterocycles. The van der Waals surface area contributed by atoms with E-state index in [1.54, 1.807) is 11.3 Å². The number of rotatable bonds is 5. The summed E-state index contributed by atoms with van der Waals surface area (Å²) in [5, 5.41) is 8.09. The number of nitrogens with zero attached hydrogens (tertiary/aromatic N) is 1. The lowest BCUT2D eigenvalue weighted by molar-refractivity contribution is 0.0461. The van der Waals surface area contributed by atoms with Crippen LogP contribution >= 0.6 is 11.3 Å². The molecule has 1 aliphatic carbocycles. The largest absolute Gasteiger partial charge is 0.315 e. The van der Waals surface area contributed by atoms with Crippen LogP contribution in [0.3, 0.4) is 0 Å². The molecule has 1 aromatic rings. The van der Waals surface area contributed by atoms with Gasteiger partial charge in [0.2, 0.25) is 0 Å². The van der Waals surface area contributed by atoms with Gasteiger partial charge < -0.3 is 10.2 Å². The molecule has 0 bridgehead atoms. The molecule has 1 atom stereocenters. The first-order valence-corrected chi connectivity index (χ1v) is 8.38. The van der Waals surface area contributed by atoms with Crippen molar-refractivity contribution in [3.05, 3.63) is 22.4 Å². The Balaban J connectivity index is 2.16. The van der Waals surface area contributed by atoms with Gasteiger partial charge in [-0.3, -0.25) is 0 Å². The third kappa shape index (κ3) is 3.21. The van der Waals surface area contributed by atoms with Gasteiger partial charge in [-0.1, -0.05) is 6.92 Å². The lowest BCUT2D eigenvalue weighted by Gasteiger charge is -2.49. The lowest BCUT2D eigenvalue weighted by atomic mass is 9.71. The van der Waals surface area contributed by atoms with E-state index in [1.807, 2.05) is 0 Å². The minimum absolute atomic E-state index is 0.323. The molecule has 2 rings (SSSR count). The standard InChI is InChI=1S/C16H28N2S/c1-13-5-8-16(9-6-13,18(3)4)15(17-2)11-14-7-10-19-12-14/h7,10,12-13,15,17H,5-6,8-9,11H2,1-4H3. The highest BCUT2D eigenvalue weighted by molar-refractivity contribution is 7.07. The fraction of sp³-hybridized carbons (Fsp3) is 0.750. The molecular formula is C16H28N2S. The molecule has 1 heterocycles. The molecule has 1 aromatic heterocycles. The van der Waals surface area contributed by atoms with Gasteiger partial charge in [-0.15, -0.1) is 0 Å². The van der Waals surface area contributed by atoms with Gasteiger partial charge in [0.05, 0.1) is 0 Å². The third-order valence-electron chi connectivity index (χ3n) is 5.05. The number of nitrogens with one attached hydrogen (secondary N) is 1. The number of hydrogen-bond donors (Lipinski definition) is 1. The zero-order chi connectivity index (χ0) is 13.9. The summed E-state index contributed by atoms with van der Waals surface area (Å²) in [7, 11) is 6.64. The zero-order valence-corrected chi connectivity index (χ0v) is 13.6. The summed E-state index contributed by atoms with van der Waals surface area (Å²) in [6, 6.07) is 2.81. The highest BCUT2D eigenvalue weighted by atomic mass is 32.1. The smallest absolute Gasteiger partial charge is 0.0359 e. The predicted molar refractivity (Wildman–Crippen MR) is 84.9 cm³/mol. The highest BCUT2D eigenvalue weighted by Gasteiger charge is 2.42. The quantitative estimate of drug-likeness (QED) is 0.889. The van der Waals surface area contributed by atoms with Crippen LogP contribution in [0, 0.1) is 5.92 Å². The second kappa shape index (κ2) is 6.38. The molecule has 2 nitrogen and oxygen atoms in total. The van der Waals surface area contributed by atoms with E-state index < -0.39 is 0 Å². The maximum Gasteiger partial charge on any atom is 0.0359 e. The van der Waals surface area contributed by atoms with Gasteiger partial charge in [-0.25, -0.2) is 0 Å². The molecule has 1 saturated carbocycles. The molecule has 1 aliphatic rings. The minimum Gasteiger partial charge on any atom is -0.315 e. The van der Waals surface area contributed by atoms with E-state index in [0.717, 1.165) is 12.3 Å². The van der Waals surface area contributed by atoms with Crippen molar-refractivity contribution in [2.75, 3.05) is 21.1 Å². The SMILES string of the molecule is CNC(Cc1ccsc1)C1(N(C)C)CCC(C)CC1. The average Bonchev–Trinajstić information content (AvgIpc) is 2.90. The van der Waals surface area contributed by atoms with E-state index in [0.29, 0.717) is 11.6 Å². The molecule has 1 unspecified atom stereocenters. The Morgan fingerprint density at radius 1 is 1.42 bits per heavy atom. The highest BCUT2D eigenvalue weighted by Crippen LogP contribution is 2.38. The van der Waals surface area contributed by atoms with Gasteiger partial charge in [0.25, 0.3) is 0 Å². The van der Waals surface area contributed by atoms with E-state index >= 15 is 0 Å². The van der Waals surface area contributed by atoms with Crippen molar-refractivity contribution in [1.29, 1.82) is 0 Å². The van der Waals surface area contributed by atoms with Crippen LogP contribution in [0.4, 0.5) is 0 Å². The average molecular weight is 280 g/mol. The number of likely N-dealkylation sites (N-methyl/N-ethyl adjacent to an activating group) is 2. The summed E-state index contributed by atoms with van der Waals surface area (Å²) in [6.07, 6.45) is 6.50. The Hall–Kier alpha value is -0.380. The molecule has 0 spiro atoms. The molecule has 0 aromatic carbocycles. The second-order valence-corrected chi connectivity index (χ2v) is 7.14. The molecule has 108 valence electrons. The first-order chi connectivity index (χ1) is 9.08. The van der Waals surface area contributed by atoms with Crippen LogP contribution in [0.2, 0.25) is 0 Å². The van der Waals surface area contributed by atoms with Crippen LogP contribution in [-0.4, -0.2) is 37.6 Å². The summed E-state index contributed by atoms with van der Waals surface area (Å²) >= 11 is 1.81. The van der Waals surface area contributed by atoms with Crippen molar-refractivity contribution >= 4 is 11.3 Å². The van der Waals surface area contributed by atoms with Crippen LogP contribution < -0.4 is 5.32 Å². The molecule has 1 N–H and O–H groups in total. The van der Waals surface area contributed by atoms with Gasteiger partial charge in [0.1, 0.15) is 0 Å². The maximum atomic E-state index is 3.61. The Morgan fingerprint density at radius 2 is 2.11 bits per heavy atom. The Bertz CT molecular complexity index is 364. The molecule has 0 radical (unpaired) electrons. The first kappa shape index (κ1) is 15.0. The third-order valence-corrected chi connectivity index (χ3v) is 5.78. The van der Waals surface area contributed by atoms with Crippen molar-refractivity contribution < 1.29 is 0 Å². The first-order valence-electron chi connectivity index (χ1n) is 7.44. The summed E-state index contributed by atoms with van der Waals surface area (Å²) in [5.74, 6) is 0.895. The topological polar surface area (TPSA) is 15.3 Å². The Kier molecular flexibility index (Phi) is 5.04. The fourth-order valence-corrected chi connectivity index (χ4v) is 4.26. The summed E-state index contributed by atoms with van der Waals surface area (Å²) < 4.78 is 0. The normalized spacial score (nSPS) is 29.6. The van der Waals surface area contributed by atoms with Gasteiger partial charge in [0, 0.05) is 11.6 Å². The van der Waals surface area contributed by atoms with E-state index in [1.165, 1.54) is 31.2 Å². The second-order valence-electron chi connectivity index (χ2n) is 6.36. The van der Waals surface area contributed by atoms with Crippen molar-refractivity contribution in [2.24, 2.45) is 5.92 Å². The van der Waals surface area contributed by atoms with Crippen LogP contribution in [-0.2, 0) is 6.42 Å². The number of thiophene rings is 1. The van der Waals surface area contributed by atoms with Gasteiger partial charge >= 0.3 is 0 Å². The molecule has 1 fully saturated rings. The van der Waals surface area contributed by atoms with E-state index in [9.17, 15) is 0 Å². The summed E-state index contributed by atoms with van der Waals surface area (Å²) in [4.78, 5) is 2.48. The van der Waals surface area contributed by atoms with E-state index in [4.69, 9.17) is 0 Å². The number of hydrogen-bond acceptors (Lipinski definition) is 3. The summed E-state index contributed by atoms with van der Waals surface area (Å²) in [6.45, 7) is 2.40. The van der Waals surface area contributed by atoms with Crippen LogP contribution in [0.1, 0.15) is 38.2 Å². The van der Waals surface area contributed by atoms with Crippen molar-refractivity contribution in [2.45, 2.75) is 50.6 Å². The predicted octanol–water partition coefficient (Wildman–Crippen LogP) is 3.39. The van der Waals surface area contributed by atoms with Crippen LogP contribution in [0.5, 0.6) is 0 Å². The fourth-order valence-electron chi connectivity index (χ4n) is 3.57. The lowest BCUT2D eigenvalue weighted by Crippen LogP contribution is -2.60. The monoisotopic (exact) mass is 280 g/mol. The van der Waals surface area contributed by atoms with E-state index in [2.05, 4.69) is 55.1 Å². The van der Waals surface area contributed by atoms with Crippen molar-refractivity contribution in [1.82, 2.24) is 10.2 Å².